The zero-order chi connectivity index (χ0) is 21.1. The van der Waals surface area contributed by atoms with E-state index in [0.29, 0.717) is 5.56 Å². The number of ketones is 1. The van der Waals surface area contributed by atoms with Crippen molar-refractivity contribution in [1.29, 1.82) is 0 Å². The quantitative estimate of drug-likeness (QED) is 0.333. The highest BCUT2D eigenvalue weighted by Gasteiger charge is 2.28. The second kappa shape index (κ2) is 8.16. The predicted molar refractivity (Wildman–Crippen MR) is 104 cm³/mol. The average molecular weight is 408 g/mol. The van der Waals surface area contributed by atoms with E-state index in [1.807, 2.05) is 0 Å². The van der Waals surface area contributed by atoms with E-state index >= 15 is 0 Å². The van der Waals surface area contributed by atoms with Gasteiger partial charge < -0.3 is 14.2 Å². The summed E-state index contributed by atoms with van der Waals surface area (Å²) in [6.45, 7) is -3.00. The highest BCUT2D eigenvalue weighted by Crippen LogP contribution is 2.36. The Kier molecular flexibility index (Phi) is 5.26. The minimum atomic E-state index is -3.00. The topological polar surface area (TPSA) is 61.8 Å². The van der Waals surface area contributed by atoms with Crippen molar-refractivity contribution in [1.82, 2.24) is 0 Å². The van der Waals surface area contributed by atoms with Gasteiger partial charge in [-0.2, -0.15) is 8.78 Å². The standard InChI is InChI=1S/C23H14F2O5/c24-23(25)30-18-9-5-4-8-15(18)12-20-21(26)17-11-10-16(13-19(17)29-20)28-22(27)14-6-2-1-3-7-14/h1-13,23H/b20-12-. The van der Waals surface area contributed by atoms with Gasteiger partial charge >= 0.3 is 12.6 Å². The fourth-order valence-corrected chi connectivity index (χ4v) is 2.92. The highest BCUT2D eigenvalue weighted by molar-refractivity contribution is 6.14. The van der Waals surface area contributed by atoms with E-state index in [1.165, 1.54) is 36.4 Å². The van der Waals surface area contributed by atoms with Crippen LogP contribution in [0.25, 0.3) is 6.08 Å². The summed E-state index contributed by atoms with van der Waals surface area (Å²) in [6.07, 6.45) is 1.33. The first-order valence-corrected chi connectivity index (χ1v) is 8.90. The molecule has 0 radical (unpaired) electrons. The van der Waals surface area contributed by atoms with Crippen LogP contribution < -0.4 is 14.2 Å². The van der Waals surface area contributed by atoms with Crippen molar-refractivity contribution >= 4 is 17.8 Å². The molecule has 0 fully saturated rings. The Bertz CT molecular complexity index is 1140. The van der Waals surface area contributed by atoms with Crippen molar-refractivity contribution in [2.75, 3.05) is 0 Å². The molecule has 1 aliphatic rings. The lowest BCUT2D eigenvalue weighted by atomic mass is 10.1. The van der Waals surface area contributed by atoms with Crippen molar-refractivity contribution in [2.24, 2.45) is 0 Å². The lowest BCUT2D eigenvalue weighted by Gasteiger charge is -2.08. The number of benzene rings is 3. The van der Waals surface area contributed by atoms with Crippen molar-refractivity contribution in [3.8, 4) is 17.2 Å². The van der Waals surface area contributed by atoms with Crippen LogP contribution in [0, 0.1) is 0 Å². The number of esters is 1. The van der Waals surface area contributed by atoms with Gasteiger partial charge in [0.15, 0.2) is 5.76 Å². The summed E-state index contributed by atoms with van der Waals surface area (Å²) < 4.78 is 40.6. The molecule has 7 heteroatoms. The maximum atomic E-state index is 12.6. The van der Waals surface area contributed by atoms with Gasteiger partial charge in [0.2, 0.25) is 5.78 Å². The van der Waals surface area contributed by atoms with Crippen molar-refractivity contribution in [3.05, 3.63) is 95.2 Å². The van der Waals surface area contributed by atoms with Crippen molar-refractivity contribution in [2.45, 2.75) is 6.61 Å². The zero-order valence-corrected chi connectivity index (χ0v) is 15.4. The Morgan fingerprint density at radius 3 is 2.47 bits per heavy atom. The fraction of sp³-hybridized carbons (Fsp3) is 0.0435. The Morgan fingerprint density at radius 2 is 1.70 bits per heavy atom. The number of Topliss-reactive ketones (excluding diaryl/α,β-unsaturated/α-hetero) is 1. The van der Waals surface area contributed by atoms with Crippen LogP contribution in [0.1, 0.15) is 26.3 Å². The first kappa shape index (κ1) is 19.3. The summed E-state index contributed by atoms with van der Waals surface area (Å²) in [7, 11) is 0. The zero-order valence-electron chi connectivity index (χ0n) is 15.4. The highest BCUT2D eigenvalue weighted by atomic mass is 19.3. The number of carbonyl (C=O) groups is 2. The maximum Gasteiger partial charge on any atom is 0.387 e. The Balaban J connectivity index is 1.57. The molecular formula is C23H14F2O5. The monoisotopic (exact) mass is 408 g/mol. The smallest absolute Gasteiger partial charge is 0.387 e. The number of halogens is 2. The fourth-order valence-electron chi connectivity index (χ4n) is 2.92. The molecule has 1 aliphatic heterocycles. The maximum absolute atomic E-state index is 12.6. The van der Waals surface area contributed by atoms with Crippen LogP contribution in [0.2, 0.25) is 0 Å². The van der Waals surface area contributed by atoms with E-state index in [0.717, 1.165) is 0 Å². The molecule has 30 heavy (non-hydrogen) atoms. The Labute approximate surface area is 170 Å². The molecule has 3 aromatic rings. The molecule has 4 rings (SSSR count). The molecule has 1 heterocycles. The largest absolute Gasteiger partial charge is 0.452 e. The summed E-state index contributed by atoms with van der Waals surface area (Å²) in [4.78, 5) is 24.8. The van der Waals surface area contributed by atoms with Crippen LogP contribution in [0.4, 0.5) is 8.78 Å². The molecule has 0 N–H and O–H groups in total. The van der Waals surface area contributed by atoms with Crippen LogP contribution in [-0.4, -0.2) is 18.4 Å². The number of hydrogen-bond acceptors (Lipinski definition) is 5. The minimum Gasteiger partial charge on any atom is -0.452 e. The van der Waals surface area contributed by atoms with E-state index in [9.17, 15) is 18.4 Å². The van der Waals surface area contributed by atoms with Gasteiger partial charge in [-0.3, -0.25) is 4.79 Å². The lowest BCUT2D eigenvalue weighted by Crippen LogP contribution is -2.08. The molecular weight excluding hydrogens is 394 g/mol. The van der Waals surface area contributed by atoms with E-state index < -0.39 is 18.4 Å². The molecule has 0 unspecified atom stereocenters. The third kappa shape index (κ3) is 4.05. The summed E-state index contributed by atoms with van der Waals surface area (Å²) in [5.74, 6) is -0.687. The number of rotatable bonds is 5. The molecule has 3 aromatic carbocycles. The molecule has 0 aliphatic carbocycles. The van der Waals surface area contributed by atoms with Crippen molar-refractivity contribution in [3.63, 3.8) is 0 Å². The number of hydrogen-bond donors (Lipinski definition) is 0. The summed E-state index contributed by atoms with van der Waals surface area (Å²) in [5.41, 5.74) is 0.920. The van der Waals surface area contributed by atoms with Crippen LogP contribution in [0.15, 0.2) is 78.6 Å². The first-order chi connectivity index (χ1) is 14.5. The minimum absolute atomic E-state index is 0.0538. The number of ether oxygens (including phenoxy) is 3. The Hall–Kier alpha value is -4.00. The normalized spacial score (nSPS) is 13.8. The molecule has 0 amide bonds. The van der Waals surface area contributed by atoms with Gasteiger partial charge in [-0.25, -0.2) is 4.79 Å². The van der Waals surface area contributed by atoms with Gasteiger partial charge in [-0.1, -0.05) is 36.4 Å². The van der Waals surface area contributed by atoms with E-state index in [1.54, 1.807) is 42.5 Å². The summed E-state index contributed by atoms with van der Waals surface area (Å²) in [5, 5.41) is 0. The SMILES string of the molecule is O=C(Oc1ccc2c(c1)O/C(=C\c1ccccc1OC(F)F)C2=O)c1ccccc1. The molecule has 150 valence electrons. The predicted octanol–water partition coefficient (Wildman–Crippen LogP) is 5.12. The van der Waals surface area contributed by atoms with Gasteiger partial charge in [0.1, 0.15) is 17.2 Å². The van der Waals surface area contributed by atoms with Crippen LogP contribution in [0.3, 0.4) is 0 Å². The van der Waals surface area contributed by atoms with Crippen LogP contribution >= 0.6 is 0 Å². The van der Waals surface area contributed by atoms with E-state index in [4.69, 9.17) is 9.47 Å². The van der Waals surface area contributed by atoms with Gasteiger partial charge in [0.25, 0.3) is 0 Å². The number of carbonyl (C=O) groups excluding carboxylic acids is 2. The Morgan fingerprint density at radius 1 is 0.967 bits per heavy atom. The van der Waals surface area contributed by atoms with Crippen LogP contribution in [-0.2, 0) is 0 Å². The number of fused-ring (bicyclic) bond motifs is 1. The number of allylic oxidation sites excluding steroid dienone is 1. The van der Waals surface area contributed by atoms with Gasteiger partial charge in [0, 0.05) is 11.6 Å². The number of alkyl halides is 2. The third-order valence-corrected chi connectivity index (χ3v) is 4.28. The molecule has 5 nitrogen and oxygen atoms in total. The van der Waals surface area contributed by atoms with Crippen molar-refractivity contribution < 1.29 is 32.6 Å². The molecule has 0 saturated heterocycles. The lowest BCUT2D eigenvalue weighted by molar-refractivity contribution is -0.0500. The average Bonchev–Trinajstić information content (AvgIpc) is 3.04. The first-order valence-electron chi connectivity index (χ1n) is 8.90. The van der Waals surface area contributed by atoms with E-state index in [2.05, 4.69) is 4.74 Å². The molecule has 0 spiro atoms. The summed E-state index contributed by atoms with van der Waals surface area (Å²) in [6, 6.07) is 18.9. The van der Waals surface area contributed by atoms with Crippen LogP contribution in [0.5, 0.6) is 17.2 Å². The second-order valence-corrected chi connectivity index (χ2v) is 6.27. The third-order valence-electron chi connectivity index (χ3n) is 4.28. The van der Waals surface area contributed by atoms with Gasteiger partial charge in [-0.15, -0.1) is 0 Å². The van der Waals surface area contributed by atoms with E-state index in [-0.39, 0.29) is 34.1 Å². The number of para-hydroxylation sites is 1. The molecule has 0 saturated carbocycles. The summed E-state index contributed by atoms with van der Waals surface area (Å²) >= 11 is 0. The van der Waals surface area contributed by atoms with Gasteiger partial charge in [0.05, 0.1) is 11.1 Å². The molecule has 0 atom stereocenters. The second-order valence-electron chi connectivity index (χ2n) is 6.27. The van der Waals surface area contributed by atoms with Gasteiger partial charge in [-0.05, 0) is 36.4 Å². The molecule has 0 aromatic heterocycles. The molecule has 0 bridgehead atoms.